The Labute approximate surface area is 105 Å². The molecule has 2 saturated carbocycles. The van der Waals surface area contributed by atoms with E-state index in [2.05, 4.69) is 12.2 Å². The van der Waals surface area contributed by atoms with Crippen molar-refractivity contribution in [3.8, 4) is 0 Å². The van der Waals surface area contributed by atoms with Gasteiger partial charge in [0.1, 0.15) is 0 Å². The SMILES string of the molecule is CCCOCCOC1(CCNC2CC2)CCC1. The summed E-state index contributed by atoms with van der Waals surface area (Å²) in [7, 11) is 0. The van der Waals surface area contributed by atoms with Crippen molar-refractivity contribution in [1.29, 1.82) is 0 Å². The molecule has 100 valence electrons. The number of hydrogen-bond acceptors (Lipinski definition) is 3. The van der Waals surface area contributed by atoms with Crippen LogP contribution < -0.4 is 5.32 Å². The highest BCUT2D eigenvalue weighted by atomic mass is 16.5. The fraction of sp³-hybridized carbons (Fsp3) is 1.00. The minimum Gasteiger partial charge on any atom is -0.379 e. The van der Waals surface area contributed by atoms with Crippen molar-refractivity contribution in [3.63, 3.8) is 0 Å². The van der Waals surface area contributed by atoms with E-state index in [4.69, 9.17) is 9.47 Å². The predicted molar refractivity (Wildman–Crippen MR) is 69.3 cm³/mol. The number of hydrogen-bond donors (Lipinski definition) is 1. The Kier molecular flexibility index (Phi) is 5.26. The highest BCUT2D eigenvalue weighted by Crippen LogP contribution is 2.38. The van der Waals surface area contributed by atoms with Gasteiger partial charge in [0, 0.05) is 12.6 Å². The van der Waals surface area contributed by atoms with E-state index in [0.29, 0.717) is 0 Å². The van der Waals surface area contributed by atoms with Crippen molar-refractivity contribution in [3.05, 3.63) is 0 Å². The van der Waals surface area contributed by atoms with Crippen molar-refractivity contribution < 1.29 is 9.47 Å². The summed E-state index contributed by atoms with van der Waals surface area (Å²) in [6.07, 6.45) is 8.84. The molecule has 1 N–H and O–H groups in total. The lowest BCUT2D eigenvalue weighted by atomic mass is 9.77. The average Bonchev–Trinajstić information content (AvgIpc) is 3.08. The second-order valence-corrected chi connectivity index (χ2v) is 5.48. The molecule has 0 unspecified atom stereocenters. The van der Waals surface area contributed by atoms with Crippen LogP contribution in [0, 0.1) is 0 Å². The molecular formula is C14H27NO2. The monoisotopic (exact) mass is 241 g/mol. The van der Waals surface area contributed by atoms with E-state index in [1.54, 1.807) is 0 Å². The largest absolute Gasteiger partial charge is 0.379 e. The molecular weight excluding hydrogens is 214 g/mol. The van der Waals surface area contributed by atoms with Gasteiger partial charge in [-0.15, -0.1) is 0 Å². The minimum absolute atomic E-state index is 0.192. The van der Waals surface area contributed by atoms with Crippen LogP contribution in [0.2, 0.25) is 0 Å². The summed E-state index contributed by atoms with van der Waals surface area (Å²) in [5.74, 6) is 0. The first-order valence-electron chi connectivity index (χ1n) is 7.30. The summed E-state index contributed by atoms with van der Waals surface area (Å²) in [5, 5.41) is 3.58. The standard InChI is InChI=1S/C14H27NO2/c1-2-10-16-11-12-17-14(6-3-7-14)8-9-15-13-4-5-13/h13,15H,2-12H2,1H3. The van der Waals surface area contributed by atoms with Crippen LogP contribution in [0.15, 0.2) is 0 Å². The molecule has 0 spiro atoms. The maximum Gasteiger partial charge on any atom is 0.0708 e. The lowest BCUT2D eigenvalue weighted by Crippen LogP contribution is -2.43. The normalized spacial score (nSPS) is 22.4. The highest BCUT2D eigenvalue weighted by Gasteiger charge is 2.37. The third-order valence-corrected chi connectivity index (χ3v) is 3.84. The lowest BCUT2D eigenvalue weighted by Gasteiger charge is -2.42. The van der Waals surface area contributed by atoms with Crippen LogP contribution in [0.4, 0.5) is 0 Å². The molecule has 3 heteroatoms. The van der Waals surface area contributed by atoms with Crippen LogP contribution in [0.25, 0.3) is 0 Å². The Bertz CT molecular complexity index is 212. The fourth-order valence-corrected chi connectivity index (χ4v) is 2.39. The molecule has 0 aliphatic heterocycles. The molecule has 17 heavy (non-hydrogen) atoms. The highest BCUT2D eigenvalue weighted by molar-refractivity contribution is 4.91. The molecule has 0 saturated heterocycles. The van der Waals surface area contributed by atoms with Gasteiger partial charge in [-0.25, -0.2) is 0 Å². The third kappa shape index (κ3) is 4.57. The Hall–Kier alpha value is -0.120. The summed E-state index contributed by atoms with van der Waals surface area (Å²) in [5.41, 5.74) is 0.192. The molecule has 3 nitrogen and oxygen atoms in total. The van der Waals surface area contributed by atoms with E-state index in [-0.39, 0.29) is 5.60 Å². The van der Waals surface area contributed by atoms with Gasteiger partial charge in [0.05, 0.1) is 18.8 Å². The van der Waals surface area contributed by atoms with Gasteiger partial charge in [-0.3, -0.25) is 0 Å². The molecule has 0 amide bonds. The van der Waals surface area contributed by atoms with Gasteiger partial charge < -0.3 is 14.8 Å². The molecule has 2 aliphatic carbocycles. The molecule has 0 aromatic carbocycles. The van der Waals surface area contributed by atoms with Gasteiger partial charge in [0.15, 0.2) is 0 Å². The smallest absolute Gasteiger partial charge is 0.0708 e. The summed E-state index contributed by atoms with van der Waals surface area (Å²) < 4.78 is 11.5. The van der Waals surface area contributed by atoms with Crippen LogP contribution in [-0.4, -0.2) is 38.0 Å². The van der Waals surface area contributed by atoms with E-state index >= 15 is 0 Å². The number of rotatable bonds is 10. The maximum absolute atomic E-state index is 6.05. The zero-order chi connectivity index (χ0) is 12.0. The Morgan fingerprint density at radius 3 is 2.59 bits per heavy atom. The third-order valence-electron chi connectivity index (χ3n) is 3.84. The van der Waals surface area contributed by atoms with Gasteiger partial charge in [-0.1, -0.05) is 6.92 Å². The summed E-state index contributed by atoms with van der Waals surface area (Å²) in [4.78, 5) is 0. The summed E-state index contributed by atoms with van der Waals surface area (Å²) in [6.45, 7) is 5.65. The second kappa shape index (κ2) is 6.72. The van der Waals surface area contributed by atoms with Gasteiger partial charge in [0.25, 0.3) is 0 Å². The summed E-state index contributed by atoms with van der Waals surface area (Å²) in [6, 6.07) is 0.819. The first-order valence-corrected chi connectivity index (χ1v) is 7.30. The van der Waals surface area contributed by atoms with E-state index in [1.165, 1.54) is 38.5 Å². The molecule has 2 rings (SSSR count). The Balaban J connectivity index is 1.53. The maximum atomic E-state index is 6.05. The van der Waals surface area contributed by atoms with Crippen molar-refractivity contribution in [2.75, 3.05) is 26.4 Å². The molecule has 0 radical (unpaired) electrons. The first kappa shape index (κ1) is 13.3. The quantitative estimate of drug-likeness (QED) is 0.596. The molecule has 0 atom stereocenters. The zero-order valence-electron chi connectivity index (χ0n) is 11.2. The van der Waals surface area contributed by atoms with Crippen LogP contribution in [0.1, 0.15) is 51.9 Å². The van der Waals surface area contributed by atoms with Gasteiger partial charge >= 0.3 is 0 Å². The molecule has 0 aromatic rings. The lowest BCUT2D eigenvalue weighted by molar-refractivity contribution is -0.117. The van der Waals surface area contributed by atoms with Gasteiger partial charge in [0.2, 0.25) is 0 Å². The minimum atomic E-state index is 0.192. The molecule has 2 aliphatic rings. The van der Waals surface area contributed by atoms with Crippen LogP contribution in [0.3, 0.4) is 0 Å². The van der Waals surface area contributed by atoms with E-state index in [0.717, 1.165) is 38.8 Å². The Morgan fingerprint density at radius 2 is 2.00 bits per heavy atom. The number of ether oxygens (including phenoxy) is 2. The summed E-state index contributed by atoms with van der Waals surface area (Å²) >= 11 is 0. The Morgan fingerprint density at radius 1 is 1.18 bits per heavy atom. The molecule has 0 aromatic heterocycles. The van der Waals surface area contributed by atoms with Crippen LogP contribution >= 0.6 is 0 Å². The van der Waals surface area contributed by atoms with Crippen LogP contribution in [-0.2, 0) is 9.47 Å². The van der Waals surface area contributed by atoms with Crippen molar-refractivity contribution in [2.45, 2.75) is 63.5 Å². The van der Waals surface area contributed by atoms with Crippen molar-refractivity contribution >= 4 is 0 Å². The topological polar surface area (TPSA) is 30.5 Å². The number of nitrogens with one attached hydrogen (secondary N) is 1. The second-order valence-electron chi connectivity index (χ2n) is 5.48. The van der Waals surface area contributed by atoms with E-state index < -0.39 is 0 Å². The van der Waals surface area contributed by atoms with E-state index in [1.807, 2.05) is 0 Å². The zero-order valence-corrected chi connectivity index (χ0v) is 11.2. The van der Waals surface area contributed by atoms with Crippen molar-refractivity contribution in [2.24, 2.45) is 0 Å². The van der Waals surface area contributed by atoms with Crippen molar-refractivity contribution in [1.82, 2.24) is 5.32 Å². The first-order chi connectivity index (χ1) is 8.35. The molecule has 2 fully saturated rings. The van der Waals surface area contributed by atoms with Crippen LogP contribution in [0.5, 0.6) is 0 Å². The predicted octanol–water partition coefficient (Wildman–Crippen LogP) is 2.49. The van der Waals surface area contributed by atoms with Gasteiger partial charge in [-0.05, 0) is 51.5 Å². The fourth-order valence-electron chi connectivity index (χ4n) is 2.39. The average molecular weight is 241 g/mol. The molecule has 0 heterocycles. The van der Waals surface area contributed by atoms with Gasteiger partial charge in [-0.2, -0.15) is 0 Å². The molecule has 0 bridgehead atoms. The van der Waals surface area contributed by atoms with E-state index in [9.17, 15) is 0 Å².